The van der Waals surface area contributed by atoms with Crippen LogP contribution in [0.3, 0.4) is 0 Å². The summed E-state index contributed by atoms with van der Waals surface area (Å²) in [5.74, 6) is -0.226. The quantitative estimate of drug-likeness (QED) is 0.544. The van der Waals surface area contributed by atoms with E-state index < -0.39 is 5.97 Å². The summed E-state index contributed by atoms with van der Waals surface area (Å²) in [5.41, 5.74) is 1.26. The van der Waals surface area contributed by atoms with E-state index in [1.807, 2.05) is 11.0 Å². The van der Waals surface area contributed by atoms with E-state index in [4.69, 9.17) is 4.74 Å². The summed E-state index contributed by atoms with van der Waals surface area (Å²) in [6.45, 7) is 3.15. The van der Waals surface area contributed by atoms with Gasteiger partial charge in [-0.1, -0.05) is 18.2 Å². The number of ether oxygens (including phenoxy) is 1. The normalized spacial score (nSPS) is 14.2. The molecule has 0 saturated carbocycles. The van der Waals surface area contributed by atoms with Crippen LogP contribution in [0.2, 0.25) is 0 Å². The van der Waals surface area contributed by atoms with Crippen molar-refractivity contribution in [1.29, 1.82) is 0 Å². The molecule has 0 unspecified atom stereocenters. The highest BCUT2D eigenvalue weighted by atomic mass is 19.1. The minimum absolute atomic E-state index is 0.0778. The fourth-order valence-corrected chi connectivity index (χ4v) is 3.69. The Morgan fingerprint density at radius 3 is 2.55 bits per heavy atom. The van der Waals surface area contributed by atoms with Crippen molar-refractivity contribution < 1.29 is 23.5 Å². The molecule has 1 aliphatic rings. The lowest BCUT2D eigenvalue weighted by atomic mass is 9.96. The molecule has 0 atom stereocenters. The zero-order chi connectivity index (χ0) is 22.2. The van der Waals surface area contributed by atoms with E-state index in [0.29, 0.717) is 49.7 Å². The summed E-state index contributed by atoms with van der Waals surface area (Å²) < 4.78 is 18.3. The number of aryl methyl sites for hydroxylation is 1. The molecule has 0 spiro atoms. The van der Waals surface area contributed by atoms with E-state index >= 15 is 0 Å². The van der Waals surface area contributed by atoms with Gasteiger partial charge in [0.25, 0.3) is 5.91 Å². The highest BCUT2D eigenvalue weighted by molar-refractivity contribution is 5.94. The van der Waals surface area contributed by atoms with Gasteiger partial charge in [-0.05, 0) is 61.1 Å². The number of carbonyl (C=O) groups excluding carboxylic acids is 3. The summed E-state index contributed by atoms with van der Waals surface area (Å²) >= 11 is 0. The lowest BCUT2D eigenvalue weighted by molar-refractivity contribution is -0.133. The highest BCUT2D eigenvalue weighted by Crippen LogP contribution is 2.19. The molecule has 31 heavy (non-hydrogen) atoms. The smallest absolute Gasteiger partial charge is 0.308 e. The van der Waals surface area contributed by atoms with Crippen LogP contribution in [0.4, 0.5) is 4.39 Å². The van der Waals surface area contributed by atoms with Gasteiger partial charge in [-0.15, -0.1) is 0 Å². The molecule has 1 fully saturated rings. The van der Waals surface area contributed by atoms with Gasteiger partial charge in [-0.2, -0.15) is 0 Å². The Morgan fingerprint density at radius 2 is 1.84 bits per heavy atom. The van der Waals surface area contributed by atoms with Crippen molar-refractivity contribution in [2.45, 2.75) is 32.6 Å². The number of rotatable bonds is 7. The molecule has 2 amide bonds. The van der Waals surface area contributed by atoms with Gasteiger partial charge in [0, 0.05) is 38.5 Å². The van der Waals surface area contributed by atoms with Crippen molar-refractivity contribution in [2.75, 3.05) is 19.6 Å². The Morgan fingerprint density at radius 1 is 1.10 bits per heavy atom. The van der Waals surface area contributed by atoms with Crippen LogP contribution in [0.15, 0.2) is 48.5 Å². The van der Waals surface area contributed by atoms with Crippen LogP contribution in [0.25, 0.3) is 0 Å². The molecule has 3 rings (SSSR count). The largest absolute Gasteiger partial charge is 0.427 e. The second-order valence-electron chi connectivity index (χ2n) is 7.79. The third-order valence-corrected chi connectivity index (χ3v) is 5.39. The first-order chi connectivity index (χ1) is 14.9. The third kappa shape index (κ3) is 6.91. The topological polar surface area (TPSA) is 75.7 Å². The zero-order valence-corrected chi connectivity index (χ0v) is 17.6. The molecule has 0 bridgehead atoms. The lowest BCUT2D eigenvalue weighted by Gasteiger charge is -2.32. The van der Waals surface area contributed by atoms with Crippen molar-refractivity contribution in [2.24, 2.45) is 5.92 Å². The lowest BCUT2D eigenvalue weighted by Crippen LogP contribution is -2.41. The summed E-state index contributed by atoms with van der Waals surface area (Å²) in [7, 11) is 0. The van der Waals surface area contributed by atoms with Crippen molar-refractivity contribution in [3.63, 3.8) is 0 Å². The number of nitrogens with one attached hydrogen (secondary N) is 1. The first-order valence-corrected chi connectivity index (χ1v) is 10.5. The molecule has 2 aromatic carbocycles. The van der Waals surface area contributed by atoms with Crippen molar-refractivity contribution in [3.8, 4) is 5.75 Å². The molecule has 7 heteroatoms. The summed E-state index contributed by atoms with van der Waals surface area (Å²) in [4.78, 5) is 37.8. The number of nitrogens with zero attached hydrogens (tertiary/aromatic N) is 1. The molecular formula is C24H27FN2O4. The molecule has 1 aliphatic heterocycles. The molecule has 0 aromatic heterocycles. The van der Waals surface area contributed by atoms with Crippen LogP contribution in [0, 0.1) is 11.7 Å². The number of hydrogen-bond acceptors (Lipinski definition) is 4. The molecule has 6 nitrogen and oxygen atoms in total. The van der Waals surface area contributed by atoms with Crippen LogP contribution < -0.4 is 10.1 Å². The Kier molecular flexibility index (Phi) is 7.76. The predicted molar refractivity (Wildman–Crippen MR) is 114 cm³/mol. The molecule has 0 radical (unpaired) electrons. The number of amides is 2. The summed E-state index contributed by atoms with van der Waals surface area (Å²) in [6.07, 6.45) is 2.53. The SMILES string of the molecule is CC(=O)Oc1cccc(C(=O)NCC2CCN(C(=O)CCc3cccc(F)c3)CC2)c1. The maximum absolute atomic E-state index is 13.3. The first kappa shape index (κ1) is 22.5. The van der Waals surface area contributed by atoms with Crippen molar-refractivity contribution >= 4 is 17.8 Å². The van der Waals surface area contributed by atoms with E-state index in [0.717, 1.165) is 18.4 Å². The average molecular weight is 426 g/mol. The van der Waals surface area contributed by atoms with Gasteiger partial charge >= 0.3 is 5.97 Å². The second kappa shape index (κ2) is 10.7. The number of hydrogen-bond donors (Lipinski definition) is 1. The van der Waals surface area contributed by atoms with Crippen LogP contribution in [0.1, 0.15) is 42.1 Å². The first-order valence-electron chi connectivity index (χ1n) is 10.5. The van der Waals surface area contributed by atoms with E-state index in [1.54, 1.807) is 24.3 Å². The maximum Gasteiger partial charge on any atom is 0.308 e. The van der Waals surface area contributed by atoms with Gasteiger partial charge in [-0.25, -0.2) is 4.39 Å². The van der Waals surface area contributed by atoms with Crippen molar-refractivity contribution in [1.82, 2.24) is 10.2 Å². The second-order valence-corrected chi connectivity index (χ2v) is 7.79. The standard InChI is InChI=1S/C24H27FN2O4/c1-17(28)31-22-7-3-5-20(15-22)24(30)26-16-19-10-12-27(13-11-19)23(29)9-8-18-4-2-6-21(25)14-18/h2-7,14-15,19H,8-13,16H2,1H3,(H,26,30). The monoisotopic (exact) mass is 426 g/mol. The number of halogens is 1. The number of likely N-dealkylation sites (tertiary alicyclic amines) is 1. The minimum Gasteiger partial charge on any atom is -0.427 e. The molecular weight excluding hydrogens is 399 g/mol. The van der Waals surface area contributed by atoms with Crippen LogP contribution >= 0.6 is 0 Å². The van der Waals surface area contributed by atoms with Gasteiger partial charge < -0.3 is 15.0 Å². The van der Waals surface area contributed by atoms with Crippen molar-refractivity contribution in [3.05, 3.63) is 65.5 Å². The maximum atomic E-state index is 13.3. The summed E-state index contributed by atoms with van der Waals surface area (Å²) in [6, 6.07) is 12.8. The zero-order valence-electron chi connectivity index (χ0n) is 17.6. The summed E-state index contributed by atoms with van der Waals surface area (Å²) in [5, 5.41) is 2.93. The predicted octanol–water partition coefficient (Wildman–Crippen LogP) is 3.35. The van der Waals surface area contributed by atoms with Gasteiger partial charge in [0.2, 0.25) is 5.91 Å². The molecule has 164 valence electrons. The van der Waals surface area contributed by atoms with Gasteiger partial charge in [-0.3, -0.25) is 14.4 Å². The Balaban J connectivity index is 1.40. The molecule has 1 N–H and O–H groups in total. The minimum atomic E-state index is -0.435. The van der Waals surface area contributed by atoms with E-state index in [-0.39, 0.29) is 17.6 Å². The fraction of sp³-hybridized carbons (Fsp3) is 0.375. The van der Waals surface area contributed by atoms with Crippen LogP contribution in [0.5, 0.6) is 5.75 Å². The van der Waals surface area contributed by atoms with Gasteiger partial charge in [0.15, 0.2) is 0 Å². The fourth-order valence-electron chi connectivity index (χ4n) is 3.69. The number of carbonyl (C=O) groups is 3. The highest BCUT2D eigenvalue weighted by Gasteiger charge is 2.23. The average Bonchev–Trinajstić information content (AvgIpc) is 2.76. The number of benzene rings is 2. The Hall–Kier alpha value is -3.22. The molecule has 2 aromatic rings. The van der Waals surface area contributed by atoms with Crippen LogP contribution in [-0.2, 0) is 16.0 Å². The molecule has 1 heterocycles. The number of piperidine rings is 1. The van der Waals surface area contributed by atoms with Gasteiger partial charge in [0.05, 0.1) is 0 Å². The Bertz CT molecular complexity index is 939. The van der Waals surface area contributed by atoms with E-state index in [2.05, 4.69) is 5.32 Å². The number of esters is 1. The van der Waals surface area contributed by atoms with E-state index in [1.165, 1.54) is 25.1 Å². The third-order valence-electron chi connectivity index (χ3n) is 5.39. The molecule has 1 saturated heterocycles. The Labute approximate surface area is 181 Å². The molecule has 0 aliphatic carbocycles. The van der Waals surface area contributed by atoms with E-state index in [9.17, 15) is 18.8 Å². The van der Waals surface area contributed by atoms with Gasteiger partial charge in [0.1, 0.15) is 11.6 Å². The van der Waals surface area contributed by atoms with Crippen LogP contribution in [-0.4, -0.2) is 42.3 Å².